The fraction of sp³-hybridized carbons (Fsp3) is 0.312. The number of carbonyl (C=O) groups is 2. The van der Waals surface area contributed by atoms with Gasteiger partial charge in [-0.3, -0.25) is 9.59 Å². The monoisotopic (exact) mass is 379 g/mol. The minimum atomic E-state index is -3.74. The molecular weight excluding hydrogens is 362 g/mol. The van der Waals surface area contributed by atoms with E-state index >= 15 is 0 Å². The highest BCUT2D eigenvalue weighted by molar-refractivity contribution is 7.89. The molecule has 0 saturated carbocycles. The first-order chi connectivity index (χ1) is 11.9. The van der Waals surface area contributed by atoms with Gasteiger partial charge in [-0.25, -0.2) is 13.4 Å². The zero-order chi connectivity index (χ0) is 18.0. The Balaban J connectivity index is 1.68. The Hall–Kier alpha value is -2.10. The van der Waals surface area contributed by atoms with Crippen molar-refractivity contribution in [2.24, 2.45) is 0 Å². The molecule has 1 N–H and O–H groups in total. The van der Waals surface area contributed by atoms with Gasteiger partial charge in [0.2, 0.25) is 15.9 Å². The number of sulfonamides is 1. The predicted molar refractivity (Wildman–Crippen MR) is 94.3 cm³/mol. The van der Waals surface area contributed by atoms with Crippen LogP contribution in [0.1, 0.15) is 28.2 Å². The molecule has 0 fully saturated rings. The van der Waals surface area contributed by atoms with Gasteiger partial charge in [-0.1, -0.05) is 29.5 Å². The van der Waals surface area contributed by atoms with Crippen LogP contribution in [0.5, 0.6) is 0 Å². The Morgan fingerprint density at radius 1 is 1.28 bits per heavy atom. The number of fused-ring (bicyclic) bond motifs is 1. The van der Waals surface area contributed by atoms with Crippen LogP contribution in [0, 0.1) is 0 Å². The highest BCUT2D eigenvalue weighted by atomic mass is 32.2. The third kappa shape index (κ3) is 3.78. The van der Waals surface area contributed by atoms with Gasteiger partial charge in [0.1, 0.15) is 0 Å². The van der Waals surface area contributed by atoms with Crippen LogP contribution >= 0.6 is 11.3 Å². The molecule has 0 bridgehead atoms. The smallest absolute Gasteiger partial charge is 0.243 e. The summed E-state index contributed by atoms with van der Waals surface area (Å²) in [4.78, 5) is 29.0. The average Bonchev–Trinajstić information content (AvgIpc) is 2.99. The van der Waals surface area contributed by atoms with Gasteiger partial charge >= 0.3 is 0 Å². The van der Waals surface area contributed by atoms with Crippen LogP contribution in [0.15, 0.2) is 35.2 Å². The molecule has 0 aliphatic heterocycles. The molecule has 1 aromatic heterocycles. The van der Waals surface area contributed by atoms with E-state index in [9.17, 15) is 18.0 Å². The number of hydrogen-bond acceptors (Lipinski definition) is 6. The Labute approximate surface area is 149 Å². The summed E-state index contributed by atoms with van der Waals surface area (Å²) < 4.78 is 25.8. The van der Waals surface area contributed by atoms with E-state index in [-0.39, 0.29) is 17.2 Å². The van der Waals surface area contributed by atoms with E-state index in [0.717, 1.165) is 28.5 Å². The third-order valence-electron chi connectivity index (χ3n) is 3.83. The number of ketones is 1. The molecule has 0 spiro atoms. The van der Waals surface area contributed by atoms with Gasteiger partial charge in [0.25, 0.3) is 0 Å². The molecule has 1 aliphatic carbocycles. The maximum Gasteiger partial charge on any atom is 0.243 e. The number of likely N-dealkylation sites (N-methyl/N-ethyl adjacent to an activating group) is 1. The van der Waals surface area contributed by atoms with E-state index in [1.807, 2.05) is 0 Å². The van der Waals surface area contributed by atoms with E-state index in [1.165, 1.54) is 19.2 Å². The van der Waals surface area contributed by atoms with Crippen molar-refractivity contribution in [3.8, 4) is 0 Å². The quantitative estimate of drug-likeness (QED) is 0.856. The van der Waals surface area contributed by atoms with Gasteiger partial charge in [-0.05, 0) is 25.0 Å². The Morgan fingerprint density at radius 2 is 2.00 bits per heavy atom. The zero-order valence-electron chi connectivity index (χ0n) is 13.6. The van der Waals surface area contributed by atoms with Crippen LogP contribution in [0.2, 0.25) is 0 Å². The minimum Gasteiger partial charge on any atom is -0.301 e. The number of amides is 1. The van der Waals surface area contributed by atoms with Crippen molar-refractivity contribution in [2.45, 2.75) is 24.2 Å². The summed E-state index contributed by atoms with van der Waals surface area (Å²) in [6.07, 6.45) is 1.98. The van der Waals surface area contributed by atoms with Crippen molar-refractivity contribution < 1.29 is 18.0 Å². The number of anilines is 1. The predicted octanol–water partition coefficient (Wildman–Crippen LogP) is 1.92. The second-order valence-corrected chi connectivity index (χ2v) is 8.74. The van der Waals surface area contributed by atoms with Crippen molar-refractivity contribution in [3.05, 3.63) is 40.9 Å². The number of thiazole rings is 1. The summed E-state index contributed by atoms with van der Waals surface area (Å²) in [5.74, 6) is -0.455. The molecular formula is C16H17N3O4S2. The number of aryl methyl sites for hydroxylation is 1. The van der Waals surface area contributed by atoms with Crippen LogP contribution in [-0.2, 0) is 21.2 Å². The third-order valence-corrected chi connectivity index (χ3v) is 6.70. The Kier molecular flexibility index (Phi) is 4.98. The van der Waals surface area contributed by atoms with Crippen molar-refractivity contribution in [1.82, 2.24) is 9.29 Å². The van der Waals surface area contributed by atoms with E-state index in [1.54, 1.807) is 18.2 Å². The Morgan fingerprint density at radius 3 is 2.68 bits per heavy atom. The lowest BCUT2D eigenvalue weighted by Gasteiger charge is -2.16. The summed E-state index contributed by atoms with van der Waals surface area (Å²) in [5.41, 5.74) is 0.710. The summed E-state index contributed by atoms with van der Waals surface area (Å²) in [6.45, 7) is -0.338. The lowest BCUT2D eigenvalue weighted by Crippen LogP contribution is -2.34. The SMILES string of the molecule is CN(CC(=O)Nc1nc2c(s1)C(=O)CCC2)S(=O)(=O)c1ccccc1. The molecule has 9 heteroatoms. The van der Waals surface area contributed by atoms with Gasteiger partial charge in [0.05, 0.1) is 22.0 Å². The lowest BCUT2D eigenvalue weighted by molar-refractivity contribution is -0.116. The number of carbonyl (C=O) groups excluding carboxylic acids is 2. The molecule has 0 radical (unpaired) electrons. The first-order valence-corrected chi connectivity index (χ1v) is 9.98. The van der Waals surface area contributed by atoms with Crippen LogP contribution in [0.25, 0.3) is 0 Å². The van der Waals surface area contributed by atoms with Crippen LogP contribution in [-0.4, -0.2) is 43.0 Å². The van der Waals surface area contributed by atoms with Gasteiger partial charge in [0.15, 0.2) is 10.9 Å². The first kappa shape index (κ1) is 17.7. The fourth-order valence-electron chi connectivity index (χ4n) is 2.54. The summed E-state index contributed by atoms with van der Waals surface area (Å²) in [6, 6.07) is 7.92. The summed E-state index contributed by atoms with van der Waals surface area (Å²) in [5, 5.41) is 2.91. The van der Waals surface area contributed by atoms with E-state index in [2.05, 4.69) is 10.3 Å². The molecule has 1 aliphatic rings. The molecule has 0 saturated heterocycles. The topological polar surface area (TPSA) is 96.4 Å². The molecule has 1 amide bonds. The highest BCUT2D eigenvalue weighted by Crippen LogP contribution is 2.29. The molecule has 3 rings (SSSR count). The van der Waals surface area contributed by atoms with Crippen molar-refractivity contribution in [3.63, 3.8) is 0 Å². The number of aromatic nitrogens is 1. The van der Waals surface area contributed by atoms with Crippen molar-refractivity contribution in [2.75, 3.05) is 18.9 Å². The van der Waals surface area contributed by atoms with Crippen molar-refractivity contribution in [1.29, 1.82) is 0 Å². The van der Waals surface area contributed by atoms with Crippen molar-refractivity contribution >= 4 is 38.2 Å². The highest BCUT2D eigenvalue weighted by Gasteiger charge is 2.25. The fourth-order valence-corrected chi connectivity index (χ4v) is 4.68. The summed E-state index contributed by atoms with van der Waals surface area (Å²) >= 11 is 1.14. The van der Waals surface area contributed by atoms with Gasteiger partial charge in [0, 0.05) is 13.5 Å². The number of nitrogens with one attached hydrogen (secondary N) is 1. The van der Waals surface area contributed by atoms with Gasteiger partial charge in [-0.15, -0.1) is 0 Å². The summed E-state index contributed by atoms with van der Waals surface area (Å²) in [7, 11) is -2.39. The normalized spacial score (nSPS) is 14.4. The average molecular weight is 379 g/mol. The molecule has 25 heavy (non-hydrogen) atoms. The van der Waals surface area contributed by atoms with E-state index in [4.69, 9.17) is 0 Å². The molecule has 2 aromatic rings. The second-order valence-electron chi connectivity index (χ2n) is 5.69. The van der Waals surface area contributed by atoms with Gasteiger partial charge in [-0.2, -0.15) is 4.31 Å². The molecule has 0 atom stereocenters. The van der Waals surface area contributed by atoms with Crippen LogP contribution < -0.4 is 5.32 Å². The van der Waals surface area contributed by atoms with E-state index in [0.29, 0.717) is 22.1 Å². The minimum absolute atomic E-state index is 0.0445. The number of hydrogen-bond donors (Lipinski definition) is 1. The van der Waals surface area contributed by atoms with Crippen LogP contribution in [0.4, 0.5) is 5.13 Å². The number of benzene rings is 1. The number of Topliss-reactive ketones (excluding diaryl/α,β-unsaturated/α-hetero) is 1. The zero-order valence-corrected chi connectivity index (χ0v) is 15.2. The second kappa shape index (κ2) is 7.03. The number of rotatable bonds is 5. The van der Waals surface area contributed by atoms with Crippen LogP contribution in [0.3, 0.4) is 0 Å². The standard InChI is InChI=1S/C16H17N3O4S2/c1-19(25(22,23)11-6-3-2-4-7-11)10-14(21)18-16-17-12-8-5-9-13(20)15(12)24-16/h2-4,6-7H,5,8-10H2,1H3,(H,17,18,21). The van der Waals surface area contributed by atoms with E-state index < -0.39 is 15.9 Å². The molecule has 1 aromatic carbocycles. The van der Waals surface area contributed by atoms with Gasteiger partial charge < -0.3 is 5.32 Å². The molecule has 1 heterocycles. The molecule has 0 unspecified atom stereocenters. The maximum atomic E-state index is 12.4. The number of nitrogens with zero attached hydrogens (tertiary/aromatic N) is 2. The Bertz CT molecular complexity index is 907. The molecule has 7 nitrogen and oxygen atoms in total. The molecule has 132 valence electrons. The largest absolute Gasteiger partial charge is 0.301 e. The first-order valence-electron chi connectivity index (χ1n) is 7.72. The lowest BCUT2D eigenvalue weighted by atomic mass is 10.0. The maximum absolute atomic E-state index is 12.4.